The van der Waals surface area contributed by atoms with E-state index in [2.05, 4.69) is 0 Å². The molecule has 0 bridgehead atoms. The summed E-state index contributed by atoms with van der Waals surface area (Å²) in [6, 6.07) is 7.77. The lowest BCUT2D eigenvalue weighted by atomic mass is 10.1. The summed E-state index contributed by atoms with van der Waals surface area (Å²) in [6.07, 6.45) is 0. The van der Waals surface area contributed by atoms with Crippen LogP contribution >= 0.6 is 35.0 Å². The van der Waals surface area contributed by atoms with E-state index in [1.807, 2.05) is 0 Å². The first-order chi connectivity index (χ1) is 9.47. The Bertz CT molecular complexity index is 662. The number of hydrogen-bond donors (Lipinski definition) is 0. The zero-order valence-corrected chi connectivity index (χ0v) is 12.3. The number of carbonyl (C=O) groups excluding carboxylic acids is 1. The molecule has 2 aromatic rings. The van der Waals surface area contributed by atoms with Gasteiger partial charge in [0.05, 0.1) is 10.8 Å². The van der Waals surface area contributed by atoms with E-state index in [0.717, 1.165) is 23.9 Å². The van der Waals surface area contributed by atoms with Gasteiger partial charge in [-0.2, -0.15) is 0 Å². The highest BCUT2D eigenvalue weighted by atomic mass is 35.5. The Kier molecular flexibility index (Phi) is 5.02. The van der Waals surface area contributed by atoms with Gasteiger partial charge < -0.3 is 0 Å². The van der Waals surface area contributed by atoms with Crippen molar-refractivity contribution in [2.45, 2.75) is 4.90 Å². The Balaban J connectivity index is 2.08. The third-order valence-corrected chi connectivity index (χ3v) is 4.08. The van der Waals surface area contributed by atoms with Gasteiger partial charge in [0.1, 0.15) is 11.6 Å². The summed E-state index contributed by atoms with van der Waals surface area (Å²) in [7, 11) is 0. The number of ketones is 1. The van der Waals surface area contributed by atoms with Gasteiger partial charge in [-0.1, -0.05) is 23.2 Å². The molecule has 0 unspecified atom stereocenters. The highest BCUT2D eigenvalue weighted by molar-refractivity contribution is 8.00. The molecule has 0 aliphatic rings. The van der Waals surface area contributed by atoms with Crippen molar-refractivity contribution in [3.05, 3.63) is 63.6 Å². The van der Waals surface area contributed by atoms with Crippen LogP contribution in [0.4, 0.5) is 8.78 Å². The maximum Gasteiger partial charge on any atom is 0.174 e. The van der Waals surface area contributed by atoms with Crippen molar-refractivity contribution in [3.8, 4) is 0 Å². The quantitative estimate of drug-likeness (QED) is 0.562. The first-order valence-corrected chi connectivity index (χ1v) is 7.27. The van der Waals surface area contributed by atoms with Crippen LogP contribution in [0.15, 0.2) is 41.3 Å². The summed E-state index contributed by atoms with van der Waals surface area (Å²) in [5.74, 6) is -1.59. The summed E-state index contributed by atoms with van der Waals surface area (Å²) in [5.41, 5.74) is 0.325. The molecule has 0 N–H and O–H groups in total. The molecule has 2 rings (SSSR count). The van der Waals surface area contributed by atoms with E-state index in [1.54, 1.807) is 6.07 Å². The third kappa shape index (κ3) is 3.72. The van der Waals surface area contributed by atoms with E-state index in [1.165, 1.54) is 18.2 Å². The van der Waals surface area contributed by atoms with Crippen LogP contribution in [0, 0.1) is 11.6 Å². The fourth-order valence-electron chi connectivity index (χ4n) is 1.53. The van der Waals surface area contributed by atoms with Crippen molar-refractivity contribution in [3.63, 3.8) is 0 Å². The van der Waals surface area contributed by atoms with Crippen molar-refractivity contribution >= 4 is 40.7 Å². The molecule has 0 saturated heterocycles. The van der Waals surface area contributed by atoms with Crippen LogP contribution in [0.25, 0.3) is 0 Å². The van der Waals surface area contributed by atoms with E-state index in [9.17, 15) is 13.6 Å². The van der Waals surface area contributed by atoms with E-state index in [4.69, 9.17) is 23.2 Å². The molecule has 0 fully saturated rings. The molecule has 1 nitrogen and oxygen atoms in total. The molecule has 104 valence electrons. The predicted molar refractivity (Wildman–Crippen MR) is 77.9 cm³/mol. The van der Waals surface area contributed by atoms with Crippen molar-refractivity contribution < 1.29 is 13.6 Å². The second-order valence-corrected chi connectivity index (χ2v) is 5.77. The van der Waals surface area contributed by atoms with Gasteiger partial charge in [-0.15, -0.1) is 11.8 Å². The number of carbonyl (C=O) groups is 1. The molecule has 0 radical (unpaired) electrons. The van der Waals surface area contributed by atoms with Crippen LogP contribution in [-0.4, -0.2) is 11.5 Å². The Hall–Kier alpha value is -1.10. The molecule has 20 heavy (non-hydrogen) atoms. The Morgan fingerprint density at radius 2 is 1.85 bits per heavy atom. The van der Waals surface area contributed by atoms with Gasteiger partial charge >= 0.3 is 0 Å². The van der Waals surface area contributed by atoms with Gasteiger partial charge in [0.25, 0.3) is 0 Å². The van der Waals surface area contributed by atoms with E-state index in [-0.39, 0.29) is 21.5 Å². The second kappa shape index (κ2) is 6.57. The maximum atomic E-state index is 13.4. The van der Waals surface area contributed by atoms with Crippen LogP contribution in [0.3, 0.4) is 0 Å². The van der Waals surface area contributed by atoms with Crippen LogP contribution in [0.5, 0.6) is 0 Å². The largest absolute Gasteiger partial charge is 0.293 e. The lowest BCUT2D eigenvalue weighted by molar-refractivity contribution is 0.102. The standard InChI is InChI=1S/C14H8Cl2F2OS/c15-8-1-3-10(11(16)5-8)13(19)7-20-14-4-2-9(17)6-12(14)18/h1-6H,7H2. The first kappa shape index (κ1) is 15.3. The molecule has 0 aliphatic carbocycles. The predicted octanol–water partition coefficient (Wildman–Crippen LogP) is 5.25. The molecule has 0 heterocycles. The minimum absolute atomic E-state index is 0.00387. The molecule has 0 spiro atoms. The van der Waals surface area contributed by atoms with Gasteiger partial charge in [-0.05, 0) is 30.3 Å². The Morgan fingerprint density at radius 3 is 2.50 bits per heavy atom. The maximum absolute atomic E-state index is 13.4. The number of benzene rings is 2. The fourth-order valence-corrected chi connectivity index (χ4v) is 2.85. The molecule has 2 aromatic carbocycles. The molecule has 6 heteroatoms. The monoisotopic (exact) mass is 332 g/mol. The minimum Gasteiger partial charge on any atom is -0.293 e. The highest BCUT2D eigenvalue weighted by Gasteiger charge is 2.13. The fraction of sp³-hybridized carbons (Fsp3) is 0.0714. The summed E-state index contributed by atoms with van der Waals surface area (Å²) in [5, 5.41) is 0.687. The van der Waals surface area contributed by atoms with E-state index >= 15 is 0 Å². The number of hydrogen-bond acceptors (Lipinski definition) is 2. The normalized spacial score (nSPS) is 10.6. The van der Waals surface area contributed by atoms with Crippen LogP contribution in [-0.2, 0) is 0 Å². The minimum atomic E-state index is -0.690. The molecule has 0 saturated carbocycles. The average Bonchev–Trinajstić information content (AvgIpc) is 2.37. The van der Waals surface area contributed by atoms with Gasteiger partial charge in [0, 0.05) is 21.5 Å². The SMILES string of the molecule is O=C(CSc1ccc(F)cc1F)c1ccc(Cl)cc1Cl. The Labute approximate surface area is 128 Å². The number of thioether (sulfide) groups is 1. The summed E-state index contributed by atoms with van der Waals surface area (Å²) in [6.45, 7) is 0. The smallest absolute Gasteiger partial charge is 0.174 e. The molecular weight excluding hydrogens is 325 g/mol. The van der Waals surface area contributed by atoms with Crippen LogP contribution in [0.1, 0.15) is 10.4 Å². The van der Waals surface area contributed by atoms with E-state index < -0.39 is 11.6 Å². The summed E-state index contributed by atoms with van der Waals surface area (Å²) < 4.78 is 26.2. The average molecular weight is 333 g/mol. The zero-order valence-electron chi connectivity index (χ0n) is 10.00. The van der Waals surface area contributed by atoms with Crippen molar-refractivity contribution in [1.82, 2.24) is 0 Å². The molecular formula is C14H8Cl2F2OS. The van der Waals surface area contributed by atoms with Gasteiger partial charge in [-0.3, -0.25) is 4.79 Å². The number of rotatable bonds is 4. The zero-order chi connectivity index (χ0) is 14.7. The van der Waals surface area contributed by atoms with E-state index in [0.29, 0.717) is 10.6 Å². The summed E-state index contributed by atoms with van der Waals surface area (Å²) >= 11 is 12.7. The third-order valence-electron chi connectivity index (χ3n) is 2.48. The number of halogens is 4. The Morgan fingerprint density at radius 1 is 1.10 bits per heavy atom. The summed E-state index contributed by atoms with van der Waals surface area (Å²) in [4.78, 5) is 12.2. The topological polar surface area (TPSA) is 17.1 Å². The van der Waals surface area contributed by atoms with Gasteiger partial charge in [0.2, 0.25) is 0 Å². The highest BCUT2D eigenvalue weighted by Crippen LogP contribution is 2.26. The molecule has 0 aromatic heterocycles. The van der Waals surface area contributed by atoms with Gasteiger partial charge in [0.15, 0.2) is 5.78 Å². The lowest BCUT2D eigenvalue weighted by Crippen LogP contribution is -2.03. The van der Waals surface area contributed by atoms with Crippen molar-refractivity contribution in [2.24, 2.45) is 0 Å². The van der Waals surface area contributed by atoms with Crippen molar-refractivity contribution in [1.29, 1.82) is 0 Å². The molecule has 0 atom stereocenters. The first-order valence-electron chi connectivity index (χ1n) is 5.53. The van der Waals surface area contributed by atoms with Crippen LogP contribution < -0.4 is 0 Å². The van der Waals surface area contributed by atoms with Crippen LogP contribution in [0.2, 0.25) is 10.0 Å². The molecule has 0 aliphatic heterocycles. The molecule has 0 amide bonds. The lowest BCUT2D eigenvalue weighted by Gasteiger charge is -2.05. The second-order valence-electron chi connectivity index (χ2n) is 3.91. The van der Waals surface area contributed by atoms with Crippen molar-refractivity contribution in [2.75, 3.05) is 5.75 Å². The number of Topliss-reactive ketones (excluding diaryl/α,β-unsaturated/α-hetero) is 1. The van der Waals surface area contributed by atoms with Gasteiger partial charge in [-0.25, -0.2) is 8.78 Å².